The SMILES string of the molecule is CCC[C@@H](NC(=O)c1c(C)nc(C(C)C)[nH]c1=O)C(=O)O. The van der Waals surface area contributed by atoms with Crippen molar-refractivity contribution in [1.29, 1.82) is 0 Å². The number of rotatable bonds is 6. The first kappa shape index (κ1) is 16.9. The Morgan fingerprint density at radius 3 is 2.43 bits per heavy atom. The molecule has 116 valence electrons. The quantitative estimate of drug-likeness (QED) is 0.729. The highest BCUT2D eigenvalue weighted by molar-refractivity contribution is 5.97. The van der Waals surface area contributed by atoms with Crippen molar-refractivity contribution < 1.29 is 14.7 Å². The van der Waals surface area contributed by atoms with Gasteiger partial charge in [-0.1, -0.05) is 27.2 Å². The minimum absolute atomic E-state index is 0.0281. The number of aliphatic carboxylic acids is 1. The minimum Gasteiger partial charge on any atom is -0.480 e. The Kier molecular flexibility index (Phi) is 5.63. The topological polar surface area (TPSA) is 112 Å². The molecule has 1 rings (SSSR count). The predicted molar refractivity (Wildman–Crippen MR) is 77.5 cm³/mol. The maximum Gasteiger partial charge on any atom is 0.326 e. The van der Waals surface area contributed by atoms with Crippen LogP contribution in [0.15, 0.2) is 4.79 Å². The summed E-state index contributed by atoms with van der Waals surface area (Å²) >= 11 is 0. The highest BCUT2D eigenvalue weighted by atomic mass is 16.4. The zero-order valence-electron chi connectivity index (χ0n) is 12.7. The highest BCUT2D eigenvalue weighted by Gasteiger charge is 2.23. The van der Waals surface area contributed by atoms with Crippen LogP contribution in [0.1, 0.15) is 61.4 Å². The van der Waals surface area contributed by atoms with Crippen LogP contribution < -0.4 is 10.9 Å². The van der Waals surface area contributed by atoms with E-state index in [1.54, 1.807) is 6.92 Å². The largest absolute Gasteiger partial charge is 0.480 e. The van der Waals surface area contributed by atoms with Crippen LogP contribution in [0.4, 0.5) is 0 Å². The predicted octanol–water partition coefficient (Wildman–Crippen LogP) is 1.18. The van der Waals surface area contributed by atoms with Crippen molar-refractivity contribution in [3.8, 4) is 0 Å². The Morgan fingerprint density at radius 2 is 2.00 bits per heavy atom. The number of carbonyl (C=O) groups excluding carboxylic acids is 1. The summed E-state index contributed by atoms with van der Waals surface area (Å²) in [5, 5.41) is 11.4. The molecule has 0 aliphatic rings. The van der Waals surface area contributed by atoms with Gasteiger partial charge in [0, 0.05) is 5.92 Å². The average molecular weight is 295 g/mol. The Labute approximate surface area is 122 Å². The second-order valence-electron chi connectivity index (χ2n) is 5.22. The summed E-state index contributed by atoms with van der Waals surface area (Å²) in [7, 11) is 0. The minimum atomic E-state index is -1.12. The normalized spacial score (nSPS) is 12.2. The van der Waals surface area contributed by atoms with Gasteiger partial charge in [-0.15, -0.1) is 0 Å². The van der Waals surface area contributed by atoms with Gasteiger partial charge in [0.1, 0.15) is 17.4 Å². The van der Waals surface area contributed by atoms with Crippen molar-refractivity contribution in [2.75, 3.05) is 0 Å². The first-order chi connectivity index (χ1) is 9.77. The van der Waals surface area contributed by atoms with Gasteiger partial charge in [0.05, 0.1) is 5.69 Å². The van der Waals surface area contributed by atoms with E-state index in [-0.39, 0.29) is 11.5 Å². The second kappa shape index (κ2) is 7.01. The fourth-order valence-corrected chi connectivity index (χ4v) is 1.92. The van der Waals surface area contributed by atoms with E-state index >= 15 is 0 Å². The lowest BCUT2D eigenvalue weighted by molar-refractivity contribution is -0.139. The van der Waals surface area contributed by atoms with E-state index in [2.05, 4.69) is 15.3 Å². The molecule has 0 unspecified atom stereocenters. The van der Waals surface area contributed by atoms with Gasteiger partial charge in [0.25, 0.3) is 11.5 Å². The number of nitrogens with zero attached hydrogens (tertiary/aromatic N) is 1. The van der Waals surface area contributed by atoms with E-state index in [1.807, 2.05) is 20.8 Å². The lowest BCUT2D eigenvalue weighted by Crippen LogP contribution is -2.43. The number of H-pyrrole nitrogens is 1. The van der Waals surface area contributed by atoms with Crippen LogP contribution in [0.2, 0.25) is 0 Å². The number of carbonyl (C=O) groups is 2. The number of hydrogen-bond acceptors (Lipinski definition) is 4. The molecule has 0 aliphatic heterocycles. The molecule has 0 saturated heterocycles. The van der Waals surface area contributed by atoms with Crippen LogP contribution in [0.5, 0.6) is 0 Å². The van der Waals surface area contributed by atoms with E-state index < -0.39 is 23.5 Å². The zero-order chi connectivity index (χ0) is 16.2. The van der Waals surface area contributed by atoms with Gasteiger partial charge < -0.3 is 15.4 Å². The molecule has 1 aromatic rings. The van der Waals surface area contributed by atoms with Crippen LogP contribution in [0.3, 0.4) is 0 Å². The summed E-state index contributed by atoms with van der Waals surface area (Å²) in [4.78, 5) is 41.9. The summed E-state index contributed by atoms with van der Waals surface area (Å²) in [6.45, 7) is 7.13. The smallest absolute Gasteiger partial charge is 0.326 e. The third-order valence-corrected chi connectivity index (χ3v) is 3.07. The summed E-state index contributed by atoms with van der Waals surface area (Å²) in [6.07, 6.45) is 0.909. The molecule has 1 amide bonds. The summed E-state index contributed by atoms with van der Waals surface area (Å²) in [6, 6.07) is -1.01. The van der Waals surface area contributed by atoms with Crippen molar-refractivity contribution in [2.45, 2.75) is 52.5 Å². The monoisotopic (exact) mass is 295 g/mol. The highest BCUT2D eigenvalue weighted by Crippen LogP contribution is 2.09. The molecule has 0 saturated carbocycles. The Balaban J connectivity index is 3.08. The van der Waals surface area contributed by atoms with Gasteiger partial charge in [0.15, 0.2) is 0 Å². The Hall–Kier alpha value is -2.18. The van der Waals surface area contributed by atoms with Gasteiger partial charge in [-0.2, -0.15) is 0 Å². The molecule has 0 fully saturated rings. The van der Waals surface area contributed by atoms with E-state index in [4.69, 9.17) is 5.11 Å². The molecule has 7 heteroatoms. The number of hydrogen-bond donors (Lipinski definition) is 3. The molecule has 0 radical (unpaired) electrons. The molecule has 1 aromatic heterocycles. The number of amides is 1. The van der Waals surface area contributed by atoms with Crippen molar-refractivity contribution in [3.05, 3.63) is 27.4 Å². The number of aromatic nitrogens is 2. The number of carboxylic acids is 1. The Bertz CT molecular complexity index is 592. The molecule has 0 aromatic carbocycles. The van der Waals surface area contributed by atoms with Crippen molar-refractivity contribution in [2.24, 2.45) is 0 Å². The van der Waals surface area contributed by atoms with Gasteiger partial charge in [-0.3, -0.25) is 9.59 Å². The molecule has 0 spiro atoms. The third kappa shape index (κ3) is 4.14. The Morgan fingerprint density at radius 1 is 1.38 bits per heavy atom. The average Bonchev–Trinajstić information content (AvgIpc) is 2.36. The lowest BCUT2D eigenvalue weighted by atomic mass is 10.1. The van der Waals surface area contributed by atoms with Gasteiger partial charge in [0.2, 0.25) is 0 Å². The number of aryl methyl sites for hydroxylation is 1. The molecule has 0 aliphatic carbocycles. The zero-order valence-corrected chi connectivity index (χ0v) is 12.7. The van der Waals surface area contributed by atoms with E-state index in [9.17, 15) is 14.4 Å². The van der Waals surface area contributed by atoms with Crippen LogP contribution >= 0.6 is 0 Å². The molecular formula is C14H21N3O4. The number of carboxylic acid groups (broad SMARTS) is 1. The van der Waals surface area contributed by atoms with Crippen LogP contribution in [-0.2, 0) is 4.79 Å². The van der Waals surface area contributed by atoms with Crippen LogP contribution in [-0.4, -0.2) is 33.0 Å². The van der Waals surface area contributed by atoms with Crippen LogP contribution in [0, 0.1) is 6.92 Å². The van der Waals surface area contributed by atoms with Gasteiger partial charge in [-0.05, 0) is 13.3 Å². The molecule has 1 heterocycles. The number of nitrogens with one attached hydrogen (secondary N) is 2. The maximum atomic E-state index is 12.1. The fraction of sp³-hybridized carbons (Fsp3) is 0.571. The molecule has 0 bridgehead atoms. The number of aromatic amines is 1. The first-order valence-corrected chi connectivity index (χ1v) is 6.92. The fourth-order valence-electron chi connectivity index (χ4n) is 1.92. The second-order valence-corrected chi connectivity index (χ2v) is 5.22. The summed E-state index contributed by atoms with van der Waals surface area (Å²) in [5.41, 5.74) is -0.397. The lowest BCUT2D eigenvalue weighted by Gasteiger charge is -2.14. The van der Waals surface area contributed by atoms with Crippen molar-refractivity contribution >= 4 is 11.9 Å². The van der Waals surface area contributed by atoms with E-state index in [0.29, 0.717) is 24.4 Å². The van der Waals surface area contributed by atoms with E-state index in [1.165, 1.54) is 0 Å². The summed E-state index contributed by atoms with van der Waals surface area (Å²) in [5.74, 6) is -1.30. The van der Waals surface area contributed by atoms with Gasteiger partial charge in [-0.25, -0.2) is 9.78 Å². The molecule has 1 atom stereocenters. The van der Waals surface area contributed by atoms with Crippen molar-refractivity contribution in [1.82, 2.24) is 15.3 Å². The molecule has 3 N–H and O–H groups in total. The summed E-state index contributed by atoms with van der Waals surface area (Å²) < 4.78 is 0. The standard InChI is InChI=1S/C14H21N3O4/c1-5-6-9(14(20)21)16-12(18)10-8(4)15-11(7(2)3)17-13(10)19/h7,9H,5-6H2,1-4H3,(H,16,18)(H,20,21)(H,15,17,19)/t9-/m1/s1. The maximum absolute atomic E-state index is 12.1. The van der Waals surface area contributed by atoms with E-state index in [0.717, 1.165) is 0 Å². The molecule has 21 heavy (non-hydrogen) atoms. The third-order valence-electron chi connectivity index (χ3n) is 3.07. The van der Waals surface area contributed by atoms with Crippen LogP contribution in [0.25, 0.3) is 0 Å². The molecular weight excluding hydrogens is 274 g/mol. The first-order valence-electron chi connectivity index (χ1n) is 6.92. The van der Waals surface area contributed by atoms with Crippen molar-refractivity contribution in [3.63, 3.8) is 0 Å². The van der Waals surface area contributed by atoms with Gasteiger partial charge >= 0.3 is 5.97 Å². The molecule has 7 nitrogen and oxygen atoms in total.